The van der Waals surface area contributed by atoms with E-state index in [9.17, 15) is 4.79 Å². The second-order valence-electron chi connectivity index (χ2n) is 3.86. The Labute approximate surface area is 101 Å². The van der Waals surface area contributed by atoms with Gasteiger partial charge in [0.05, 0.1) is 11.9 Å². The molecular formula is C11H18ClN3O. The van der Waals surface area contributed by atoms with E-state index < -0.39 is 0 Å². The summed E-state index contributed by atoms with van der Waals surface area (Å²) < 4.78 is 1.23. The van der Waals surface area contributed by atoms with Crippen LogP contribution in [0.25, 0.3) is 0 Å². The van der Waals surface area contributed by atoms with Crippen molar-refractivity contribution in [2.45, 2.75) is 26.7 Å². The zero-order valence-electron chi connectivity index (χ0n) is 9.96. The number of hydrogen-bond acceptors (Lipinski definition) is 3. The maximum atomic E-state index is 11.5. The van der Waals surface area contributed by atoms with Crippen LogP contribution in [0.3, 0.4) is 0 Å². The molecule has 0 atom stereocenters. The Morgan fingerprint density at radius 1 is 1.50 bits per heavy atom. The van der Waals surface area contributed by atoms with Gasteiger partial charge >= 0.3 is 0 Å². The smallest absolute Gasteiger partial charge is 0.287 e. The summed E-state index contributed by atoms with van der Waals surface area (Å²) in [6.07, 6.45) is 3.81. The van der Waals surface area contributed by atoms with Gasteiger partial charge < -0.3 is 5.32 Å². The van der Waals surface area contributed by atoms with Crippen LogP contribution in [0.15, 0.2) is 11.0 Å². The van der Waals surface area contributed by atoms with E-state index in [-0.39, 0.29) is 10.6 Å². The highest BCUT2D eigenvalue weighted by atomic mass is 35.5. The SMILES string of the molecule is CCC(CC)CNc1cnn(C)c(=O)c1Cl. The summed E-state index contributed by atoms with van der Waals surface area (Å²) in [6, 6.07) is 0. The van der Waals surface area contributed by atoms with Crippen molar-refractivity contribution in [3.63, 3.8) is 0 Å². The highest BCUT2D eigenvalue weighted by Crippen LogP contribution is 2.16. The van der Waals surface area contributed by atoms with Crippen LogP contribution >= 0.6 is 11.6 Å². The van der Waals surface area contributed by atoms with Gasteiger partial charge in [-0.05, 0) is 5.92 Å². The molecule has 1 aromatic rings. The van der Waals surface area contributed by atoms with E-state index in [0.717, 1.165) is 19.4 Å². The fraction of sp³-hybridized carbons (Fsp3) is 0.636. The summed E-state index contributed by atoms with van der Waals surface area (Å²) in [5.41, 5.74) is 0.355. The lowest BCUT2D eigenvalue weighted by molar-refractivity contribution is 0.519. The van der Waals surface area contributed by atoms with Gasteiger partial charge in [-0.3, -0.25) is 4.79 Å². The highest BCUT2D eigenvalue weighted by molar-refractivity contribution is 6.32. The molecule has 0 bridgehead atoms. The van der Waals surface area contributed by atoms with Crippen molar-refractivity contribution in [1.29, 1.82) is 0 Å². The number of nitrogens with zero attached hydrogens (tertiary/aromatic N) is 2. The largest absolute Gasteiger partial charge is 0.382 e. The molecule has 4 nitrogen and oxygen atoms in total. The summed E-state index contributed by atoms with van der Waals surface area (Å²) in [5, 5.41) is 7.31. The number of rotatable bonds is 5. The lowest BCUT2D eigenvalue weighted by atomic mass is 10.0. The molecule has 1 N–H and O–H groups in total. The van der Waals surface area contributed by atoms with E-state index >= 15 is 0 Å². The van der Waals surface area contributed by atoms with Gasteiger partial charge in [-0.15, -0.1) is 0 Å². The van der Waals surface area contributed by atoms with Crippen LogP contribution in [0, 0.1) is 5.92 Å². The van der Waals surface area contributed by atoms with Crippen LogP contribution < -0.4 is 10.9 Å². The summed E-state index contributed by atoms with van der Waals surface area (Å²) in [5.74, 6) is 0.597. The van der Waals surface area contributed by atoms with Crippen molar-refractivity contribution in [2.24, 2.45) is 13.0 Å². The van der Waals surface area contributed by atoms with Crippen LogP contribution in [0.1, 0.15) is 26.7 Å². The molecule has 0 amide bonds. The van der Waals surface area contributed by atoms with Crippen molar-refractivity contribution in [1.82, 2.24) is 9.78 Å². The first-order valence-corrected chi connectivity index (χ1v) is 5.93. The Bertz CT molecular complexity index is 399. The van der Waals surface area contributed by atoms with Crippen LogP contribution in [-0.4, -0.2) is 16.3 Å². The summed E-state index contributed by atoms with van der Waals surface area (Å²) in [7, 11) is 1.58. The first-order valence-electron chi connectivity index (χ1n) is 5.55. The lowest BCUT2D eigenvalue weighted by Crippen LogP contribution is -2.22. The average molecular weight is 244 g/mol. The maximum absolute atomic E-state index is 11.5. The van der Waals surface area contributed by atoms with Crippen LogP contribution in [0.4, 0.5) is 5.69 Å². The van der Waals surface area contributed by atoms with Crippen LogP contribution in [-0.2, 0) is 7.05 Å². The zero-order chi connectivity index (χ0) is 12.1. The molecule has 0 saturated heterocycles. The van der Waals surface area contributed by atoms with E-state index in [1.54, 1.807) is 13.2 Å². The summed E-state index contributed by atoms with van der Waals surface area (Å²) in [6.45, 7) is 5.13. The molecule has 16 heavy (non-hydrogen) atoms. The maximum Gasteiger partial charge on any atom is 0.287 e. The van der Waals surface area contributed by atoms with Gasteiger partial charge in [0.15, 0.2) is 0 Å². The Kier molecular flexibility index (Phi) is 4.80. The third-order valence-corrected chi connectivity index (χ3v) is 3.18. The molecular weight excluding hydrogens is 226 g/mol. The number of aryl methyl sites for hydroxylation is 1. The van der Waals surface area contributed by atoms with E-state index in [0.29, 0.717) is 11.6 Å². The Morgan fingerprint density at radius 2 is 2.12 bits per heavy atom. The van der Waals surface area contributed by atoms with Crippen molar-refractivity contribution in [3.8, 4) is 0 Å². The highest BCUT2D eigenvalue weighted by Gasteiger charge is 2.08. The van der Waals surface area contributed by atoms with Gasteiger partial charge in [-0.25, -0.2) is 4.68 Å². The number of halogens is 1. The van der Waals surface area contributed by atoms with Crippen LogP contribution in [0.2, 0.25) is 5.02 Å². The minimum Gasteiger partial charge on any atom is -0.382 e. The molecule has 0 fully saturated rings. The topological polar surface area (TPSA) is 46.9 Å². The van der Waals surface area contributed by atoms with Gasteiger partial charge in [-0.2, -0.15) is 5.10 Å². The minimum absolute atomic E-state index is 0.212. The monoisotopic (exact) mass is 243 g/mol. The normalized spacial score (nSPS) is 10.8. The third-order valence-electron chi connectivity index (χ3n) is 2.81. The van der Waals surface area contributed by atoms with Crippen LogP contribution in [0.5, 0.6) is 0 Å². The van der Waals surface area contributed by atoms with Crippen molar-refractivity contribution in [3.05, 3.63) is 21.6 Å². The molecule has 0 saturated carbocycles. The molecule has 0 spiro atoms. The average Bonchev–Trinajstić information content (AvgIpc) is 2.30. The Hall–Kier alpha value is -1.03. The van der Waals surface area contributed by atoms with Gasteiger partial charge in [0.25, 0.3) is 5.56 Å². The second kappa shape index (κ2) is 5.89. The van der Waals surface area contributed by atoms with Crippen molar-refractivity contribution >= 4 is 17.3 Å². The van der Waals surface area contributed by atoms with Crippen molar-refractivity contribution < 1.29 is 0 Å². The van der Waals surface area contributed by atoms with E-state index in [4.69, 9.17) is 11.6 Å². The van der Waals surface area contributed by atoms with E-state index in [2.05, 4.69) is 24.3 Å². The zero-order valence-corrected chi connectivity index (χ0v) is 10.7. The predicted molar refractivity (Wildman–Crippen MR) is 67.0 cm³/mol. The number of aromatic nitrogens is 2. The van der Waals surface area contributed by atoms with Gasteiger partial charge in [0.2, 0.25) is 0 Å². The fourth-order valence-electron chi connectivity index (χ4n) is 1.47. The van der Waals surface area contributed by atoms with E-state index in [1.165, 1.54) is 4.68 Å². The lowest BCUT2D eigenvalue weighted by Gasteiger charge is -2.14. The summed E-state index contributed by atoms with van der Waals surface area (Å²) in [4.78, 5) is 11.5. The third kappa shape index (κ3) is 2.98. The minimum atomic E-state index is -0.267. The summed E-state index contributed by atoms with van der Waals surface area (Å²) >= 11 is 5.93. The predicted octanol–water partition coefficient (Wildman–Crippen LogP) is 2.28. The van der Waals surface area contributed by atoms with E-state index in [1.807, 2.05) is 0 Å². The van der Waals surface area contributed by atoms with Gasteiger partial charge in [0.1, 0.15) is 5.02 Å². The molecule has 0 aliphatic rings. The molecule has 90 valence electrons. The van der Waals surface area contributed by atoms with Gasteiger partial charge in [0, 0.05) is 13.6 Å². The molecule has 0 radical (unpaired) electrons. The fourth-order valence-corrected chi connectivity index (χ4v) is 1.70. The molecule has 0 aliphatic heterocycles. The quantitative estimate of drug-likeness (QED) is 0.863. The standard InChI is InChI=1S/C11H18ClN3O/c1-4-8(5-2)6-13-9-7-14-15(3)11(16)10(9)12/h7-8,13H,4-6H2,1-3H3. The second-order valence-corrected chi connectivity index (χ2v) is 4.24. The molecule has 1 rings (SSSR count). The number of hydrogen-bond donors (Lipinski definition) is 1. The number of nitrogens with one attached hydrogen (secondary N) is 1. The number of anilines is 1. The Morgan fingerprint density at radius 3 is 2.69 bits per heavy atom. The molecule has 5 heteroatoms. The first kappa shape index (κ1) is 13.0. The first-order chi connectivity index (χ1) is 7.60. The van der Waals surface area contributed by atoms with Gasteiger partial charge in [-0.1, -0.05) is 38.3 Å². The molecule has 0 aliphatic carbocycles. The molecule has 0 unspecified atom stereocenters. The molecule has 1 heterocycles. The van der Waals surface area contributed by atoms with Crippen molar-refractivity contribution in [2.75, 3.05) is 11.9 Å². The molecule has 1 aromatic heterocycles. The molecule has 0 aromatic carbocycles. The Balaban J connectivity index is 2.75.